The van der Waals surface area contributed by atoms with Crippen molar-refractivity contribution in [2.45, 2.75) is 122 Å². The number of rotatable bonds is 24. The Balaban J connectivity index is 1.37. The third kappa shape index (κ3) is 16.0. The molecule has 0 fully saturated rings. The van der Waals surface area contributed by atoms with E-state index in [2.05, 4.69) is 55.5 Å². The highest BCUT2D eigenvalue weighted by molar-refractivity contribution is 5.63. The second kappa shape index (κ2) is 22.3. The third-order valence-electron chi connectivity index (χ3n) is 7.20. The van der Waals surface area contributed by atoms with E-state index in [1.165, 1.54) is 107 Å². The number of aliphatic hydroxyl groups is 1. The van der Waals surface area contributed by atoms with E-state index in [0.717, 1.165) is 18.6 Å². The molecule has 2 aromatic rings. The zero-order valence-electron chi connectivity index (χ0n) is 23.7. The Labute approximate surface area is 228 Å². The van der Waals surface area contributed by atoms with Crippen molar-refractivity contribution < 1.29 is 14.6 Å². The lowest BCUT2D eigenvalue weighted by molar-refractivity contribution is -0.0502. The second-order valence-corrected chi connectivity index (χ2v) is 10.6. The molecular weight excluding hydrogens is 456 g/mol. The topological polar surface area (TPSA) is 38.7 Å². The number of aliphatic hydroxyl groups excluding tert-OH is 1. The molecule has 37 heavy (non-hydrogen) atoms. The van der Waals surface area contributed by atoms with Crippen LogP contribution in [-0.2, 0) is 16.1 Å². The van der Waals surface area contributed by atoms with Crippen LogP contribution in [0, 0.1) is 0 Å². The first kappa shape index (κ1) is 31.5. The Morgan fingerprint density at radius 2 is 1.08 bits per heavy atom. The first-order valence-electron chi connectivity index (χ1n) is 15.3. The second-order valence-electron chi connectivity index (χ2n) is 10.6. The van der Waals surface area contributed by atoms with E-state index in [0.29, 0.717) is 13.2 Å². The summed E-state index contributed by atoms with van der Waals surface area (Å²) in [4.78, 5) is 0. The molecule has 2 rings (SSSR count). The van der Waals surface area contributed by atoms with Crippen LogP contribution in [-0.4, -0.2) is 31.0 Å². The molecule has 0 heterocycles. The van der Waals surface area contributed by atoms with E-state index in [1.807, 2.05) is 6.07 Å². The maximum atomic E-state index is 9.64. The lowest BCUT2D eigenvalue weighted by Crippen LogP contribution is -2.24. The van der Waals surface area contributed by atoms with Crippen molar-refractivity contribution in [3.63, 3.8) is 0 Å². The highest BCUT2D eigenvalue weighted by atomic mass is 16.5. The fourth-order valence-corrected chi connectivity index (χ4v) is 4.76. The fraction of sp³-hybridized carbons (Fsp3) is 0.647. The maximum absolute atomic E-state index is 9.64. The van der Waals surface area contributed by atoms with Gasteiger partial charge in [-0.05, 0) is 23.1 Å². The summed E-state index contributed by atoms with van der Waals surface area (Å²) in [7, 11) is 0. The van der Waals surface area contributed by atoms with Gasteiger partial charge in [0.2, 0.25) is 0 Å². The molecule has 0 radical (unpaired) electrons. The molecule has 2 aromatic carbocycles. The van der Waals surface area contributed by atoms with Gasteiger partial charge in [0, 0.05) is 6.61 Å². The highest BCUT2D eigenvalue weighted by Gasteiger charge is 2.09. The number of ether oxygens (including phenoxy) is 2. The molecular formula is C34H54O3. The predicted molar refractivity (Wildman–Crippen MR) is 158 cm³/mol. The number of hydrogen-bond acceptors (Lipinski definition) is 3. The summed E-state index contributed by atoms with van der Waals surface area (Å²) in [6.45, 7) is 3.97. The van der Waals surface area contributed by atoms with Gasteiger partial charge in [0.1, 0.15) is 6.10 Å². The van der Waals surface area contributed by atoms with Crippen molar-refractivity contribution in [1.29, 1.82) is 0 Å². The minimum atomic E-state index is -0.269. The standard InChI is InChI=1S/C34H54O3/c1-2-3-4-5-6-7-8-9-10-11-12-13-14-15-16-20-27-36-30-34(28-35)37-29-31-23-25-33(26-24-31)32-21-18-17-19-22-32/h17-19,21-26,34-35H,2-16,20,27-30H2,1H3/t34-/m0/s1. The normalized spacial score (nSPS) is 12.2. The van der Waals surface area contributed by atoms with E-state index in [1.54, 1.807) is 0 Å². The molecule has 0 aliphatic heterocycles. The Hall–Kier alpha value is -1.68. The summed E-state index contributed by atoms with van der Waals surface area (Å²) >= 11 is 0. The number of unbranched alkanes of at least 4 members (excludes halogenated alkanes) is 15. The maximum Gasteiger partial charge on any atom is 0.104 e. The first-order chi connectivity index (χ1) is 18.3. The molecule has 0 aliphatic rings. The smallest absolute Gasteiger partial charge is 0.104 e. The molecule has 1 atom stereocenters. The van der Waals surface area contributed by atoms with E-state index in [-0.39, 0.29) is 12.7 Å². The van der Waals surface area contributed by atoms with Gasteiger partial charge in [-0.1, -0.05) is 158 Å². The van der Waals surface area contributed by atoms with Crippen molar-refractivity contribution in [2.75, 3.05) is 19.8 Å². The summed E-state index contributed by atoms with van der Waals surface area (Å²) in [6, 6.07) is 18.8. The monoisotopic (exact) mass is 510 g/mol. The van der Waals surface area contributed by atoms with E-state index in [4.69, 9.17) is 9.47 Å². The lowest BCUT2D eigenvalue weighted by atomic mass is 10.0. The van der Waals surface area contributed by atoms with Gasteiger partial charge < -0.3 is 14.6 Å². The van der Waals surface area contributed by atoms with Gasteiger partial charge in [-0.3, -0.25) is 0 Å². The average Bonchev–Trinajstić information content (AvgIpc) is 2.94. The van der Waals surface area contributed by atoms with Crippen LogP contribution in [0.15, 0.2) is 54.6 Å². The van der Waals surface area contributed by atoms with Crippen LogP contribution in [0.5, 0.6) is 0 Å². The van der Waals surface area contributed by atoms with Crippen LogP contribution in [0.4, 0.5) is 0 Å². The summed E-state index contributed by atoms with van der Waals surface area (Å²) in [5, 5.41) is 9.64. The summed E-state index contributed by atoms with van der Waals surface area (Å²) < 4.78 is 11.7. The summed E-state index contributed by atoms with van der Waals surface area (Å²) in [5.74, 6) is 0. The molecule has 0 aromatic heterocycles. The molecule has 1 N–H and O–H groups in total. The largest absolute Gasteiger partial charge is 0.394 e. The minimum Gasteiger partial charge on any atom is -0.394 e. The van der Waals surface area contributed by atoms with E-state index < -0.39 is 0 Å². The van der Waals surface area contributed by atoms with Gasteiger partial charge in [0.25, 0.3) is 0 Å². The van der Waals surface area contributed by atoms with Gasteiger partial charge in [0.15, 0.2) is 0 Å². The molecule has 0 saturated heterocycles. The SMILES string of the molecule is CCCCCCCCCCCCCCCCCCOC[C@H](CO)OCc1ccc(-c2ccccc2)cc1. The summed E-state index contributed by atoms with van der Waals surface area (Å²) in [6.07, 6.45) is 21.7. The van der Waals surface area contributed by atoms with Gasteiger partial charge in [-0.2, -0.15) is 0 Å². The molecule has 0 bridgehead atoms. The Kier molecular flexibility index (Phi) is 19.0. The van der Waals surface area contributed by atoms with Crippen molar-refractivity contribution >= 4 is 0 Å². The van der Waals surface area contributed by atoms with Gasteiger partial charge in [-0.15, -0.1) is 0 Å². The first-order valence-corrected chi connectivity index (χ1v) is 15.3. The fourth-order valence-electron chi connectivity index (χ4n) is 4.76. The third-order valence-corrected chi connectivity index (χ3v) is 7.20. The average molecular weight is 511 g/mol. The van der Waals surface area contributed by atoms with E-state index in [9.17, 15) is 5.11 Å². The van der Waals surface area contributed by atoms with Crippen LogP contribution in [0.2, 0.25) is 0 Å². The molecule has 3 heteroatoms. The lowest BCUT2D eigenvalue weighted by Gasteiger charge is -2.16. The quantitative estimate of drug-likeness (QED) is 0.143. The van der Waals surface area contributed by atoms with Gasteiger partial charge in [-0.25, -0.2) is 0 Å². The minimum absolute atomic E-state index is 0.0128. The zero-order chi connectivity index (χ0) is 26.2. The van der Waals surface area contributed by atoms with Crippen LogP contribution in [0.3, 0.4) is 0 Å². The molecule has 0 aliphatic carbocycles. The number of benzene rings is 2. The predicted octanol–water partition coefficient (Wildman–Crippen LogP) is 9.51. The number of hydrogen-bond donors (Lipinski definition) is 1. The highest BCUT2D eigenvalue weighted by Crippen LogP contribution is 2.20. The molecule has 0 saturated carbocycles. The Morgan fingerprint density at radius 1 is 0.595 bits per heavy atom. The Morgan fingerprint density at radius 3 is 1.59 bits per heavy atom. The molecule has 0 spiro atoms. The van der Waals surface area contributed by atoms with Crippen molar-refractivity contribution in [3.8, 4) is 11.1 Å². The van der Waals surface area contributed by atoms with Gasteiger partial charge in [0.05, 0.1) is 19.8 Å². The van der Waals surface area contributed by atoms with Gasteiger partial charge >= 0.3 is 0 Å². The van der Waals surface area contributed by atoms with Crippen LogP contribution in [0.1, 0.15) is 115 Å². The summed E-state index contributed by atoms with van der Waals surface area (Å²) in [5.41, 5.74) is 3.52. The molecule has 208 valence electrons. The van der Waals surface area contributed by atoms with Crippen molar-refractivity contribution in [3.05, 3.63) is 60.2 Å². The van der Waals surface area contributed by atoms with Crippen molar-refractivity contribution in [2.24, 2.45) is 0 Å². The van der Waals surface area contributed by atoms with Crippen LogP contribution < -0.4 is 0 Å². The Bertz CT molecular complexity index is 743. The zero-order valence-corrected chi connectivity index (χ0v) is 23.7. The van der Waals surface area contributed by atoms with E-state index >= 15 is 0 Å². The van der Waals surface area contributed by atoms with Crippen molar-refractivity contribution in [1.82, 2.24) is 0 Å². The van der Waals surface area contributed by atoms with Crippen LogP contribution >= 0.6 is 0 Å². The molecule has 3 nitrogen and oxygen atoms in total. The molecule has 0 amide bonds. The van der Waals surface area contributed by atoms with Crippen LogP contribution in [0.25, 0.3) is 11.1 Å². The molecule has 0 unspecified atom stereocenters.